The van der Waals surface area contributed by atoms with Crippen LogP contribution < -0.4 is 0 Å². The van der Waals surface area contributed by atoms with Gasteiger partial charge in [-0.15, -0.1) is 0 Å². The summed E-state index contributed by atoms with van der Waals surface area (Å²) in [6, 6.07) is -1.14. The Morgan fingerprint density at radius 2 is 1.94 bits per heavy atom. The van der Waals surface area contributed by atoms with Gasteiger partial charge in [-0.2, -0.15) is 13.2 Å². The van der Waals surface area contributed by atoms with Crippen molar-refractivity contribution in [3.05, 3.63) is 0 Å². The van der Waals surface area contributed by atoms with E-state index in [0.29, 0.717) is 4.90 Å². The molecule has 1 saturated carbocycles. The summed E-state index contributed by atoms with van der Waals surface area (Å²) in [6.45, 7) is -0.359. The molecule has 0 aromatic carbocycles. The molecule has 1 N–H and O–H groups in total. The standard InChI is InChI=1S/C10H10F3NO4/c11-10(12,13)9(18)14-2-1-6(15)4-3-5(7(4)14)8(16)17/h4-5,7H,1-3H2,(H,16,17). The monoisotopic (exact) mass is 265 g/mol. The summed E-state index contributed by atoms with van der Waals surface area (Å²) in [5, 5.41) is 8.83. The van der Waals surface area contributed by atoms with Crippen molar-refractivity contribution >= 4 is 17.7 Å². The molecule has 1 saturated heterocycles. The number of nitrogens with zero attached hydrogens (tertiary/aromatic N) is 1. The zero-order chi connectivity index (χ0) is 13.7. The number of fused-ring (bicyclic) bond motifs is 1. The molecule has 3 atom stereocenters. The normalized spacial score (nSPS) is 31.6. The van der Waals surface area contributed by atoms with Crippen LogP contribution in [0.2, 0.25) is 0 Å². The van der Waals surface area contributed by atoms with Crippen molar-refractivity contribution in [1.29, 1.82) is 0 Å². The molecular formula is C10H10F3NO4. The van der Waals surface area contributed by atoms with Crippen LogP contribution in [0.5, 0.6) is 0 Å². The molecular weight excluding hydrogens is 255 g/mol. The number of piperidine rings is 1. The van der Waals surface area contributed by atoms with Crippen LogP contribution in [0.4, 0.5) is 13.2 Å². The number of hydrogen-bond acceptors (Lipinski definition) is 3. The van der Waals surface area contributed by atoms with Crippen LogP contribution in [0.25, 0.3) is 0 Å². The average molecular weight is 265 g/mol. The first-order valence-corrected chi connectivity index (χ1v) is 5.37. The Morgan fingerprint density at radius 1 is 1.33 bits per heavy atom. The molecule has 0 radical (unpaired) electrons. The molecule has 18 heavy (non-hydrogen) atoms. The molecule has 0 bridgehead atoms. The largest absolute Gasteiger partial charge is 0.481 e. The second-order valence-corrected chi connectivity index (χ2v) is 4.49. The lowest BCUT2D eigenvalue weighted by molar-refractivity contribution is -0.198. The van der Waals surface area contributed by atoms with Gasteiger partial charge in [-0.05, 0) is 6.42 Å². The number of Topliss-reactive ketones (excluding diaryl/α,β-unsaturated/α-hetero) is 1. The van der Waals surface area contributed by atoms with Gasteiger partial charge < -0.3 is 10.0 Å². The fourth-order valence-corrected chi connectivity index (χ4v) is 2.61. The molecule has 1 heterocycles. The minimum Gasteiger partial charge on any atom is -0.481 e. The fraction of sp³-hybridized carbons (Fsp3) is 0.700. The van der Waals surface area contributed by atoms with E-state index in [1.54, 1.807) is 0 Å². The van der Waals surface area contributed by atoms with Gasteiger partial charge in [0.05, 0.1) is 12.0 Å². The smallest absolute Gasteiger partial charge is 0.471 e. The van der Waals surface area contributed by atoms with Crippen LogP contribution in [0, 0.1) is 11.8 Å². The molecule has 5 nitrogen and oxygen atoms in total. The molecule has 1 amide bonds. The van der Waals surface area contributed by atoms with Crippen molar-refractivity contribution in [2.75, 3.05) is 6.54 Å². The lowest BCUT2D eigenvalue weighted by Crippen LogP contribution is -2.65. The highest BCUT2D eigenvalue weighted by molar-refractivity contribution is 5.91. The molecule has 100 valence electrons. The highest BCUT2D eigenvalue weighted by Gasteiger charge is 2.58. The number of amides is 1. The predicted octanol–water partition coefficient (Wildman–Crippen LogP) is 0.439. The topological polar surface area (TPSA) is 74.7 Å². The van der Waals surface area contributed by atoms with E-state index in [2.05, 4.69) is 0 Å². The van der Waals surface area contributed by atoms with E-state index in [0.717, 1.165) is 0 Å². The first kappa shape index (κ1) is 12.8. The Morgan fingerprint density at radius 3 is 2.44 bits per heavy atom. The van der Waals surface area contributed by atoms with Crippen LogP contribution in [-0.2, 0) is 14.4 Å². The molecule has 1 aliphatic heterocycles. The lowest BCUT2D eigenvalue weighted by atomic mass is 9.64. The van der Waals surface area contributed by atoms with Crippen LogP contribution >= 0.6 is 0 Å². The number of likely N-dealkylation sites (tertiary alicyclic amines) is 1. The number of halogens is 3. The quantitative estimate of drug-likeness (QED) is 0.746. The summed E-state index contributed by atoms with van der Waals surface area (Å²) in [5.41, 5.74) is 0. The van der Waals surface area contributed by atoms with Crippen molar-refractivity contribution in [1.82, 2.24) is 4.90 Å². The maximum atomic E-state index is 12.4. The number of carboxylic acid groups (broad SMARTS) is 1. The molecule has 2 fully saturated rings. The minimum atomic E-state index is -5.04. The number of alkyl halides is 3. The maximum absolute atomic E-state index is 12.4. The van der Waals surface area contributed by atoms with Crippen LogP contribution in [0.3, 0.4) is 0 Å². The summed E-state index contributed by atoms with van der Waals surface area (Å²) in [4.78, 5) is 33.9. The third kappa shape index (κ3) is 1.85. The van der Waals surface area contributed by atoms with Crippen molar-refractivity contribution in [2.45, 2.75) is 25.1 Å². The molecule has 3 unspecified atom stereocenters. The van der Waals surface area contributed by atoms with Crippen molar-refractivity contribution < 1.29 is 32.7 Å². The molecule has 0 spiro atoms. The van der Waals surface area contributed by atoms with Gasteiger partial charge in [-0.25, -0.2) is 0 Å². The van der Waals surface area contributed by atoms with Crippen LogP contribution in [0.15, 0.2) is 0 Å². The van der Waals surface area contributed by atoms with Gasteiger partial charge in [0.15, 0.2) is 0 Å². The number of aliphatic carboxylic acids is 1. The van der Waals surface area contributed by atoms with Gasteiger partial charge in [0.25, 0.3) is 0 Å². The third-order valence-corrected chi connectivity index (χ3v) is 3.53. The van der Waals surface area contributed by atoms with Gasteiger partial charge in [-0.1, -0.05) is 0 Å². The van der Waals surface area contributed by atoms with E-state index >= 15 is 0 Å². The zero-order valence-corrected chi connectivity index (χ0v) is 9.11. The third-order valence-electron chi connectivity index (χ3n) is 3.53. The molecule has 2 rings (SSSR count). The summed E-state index contributed by atoms with van der Waals surface area (Å²) < 4.78 is 37.1. The summed E-state index contributed by atoms with van der Waals surface area (Å²) in [6.07, 6.45) is -5.17. The van der Waals surface area contributed by atoms with E-state index in [9.17, 15) is 27.6 Å². The van der Waals surface area contributed by atoms with E-state index in [4.69, 9.17) is 5.11 Å². The molecule has 2 aliphatic rings. The molecule has 1 aliphatic carbocycles. The van der Waals surface area contributed by atoms with Crippen molar-refractivity contribution in [3.63, 3.8) is 0 Å². The Balaban J connectivity index is 2.23. The highest BCUT2D eigenvalue weighted by Crippen LogP contribution is 2.43. The number of carbonyl (C=O) groups is 3. The fourth-order valence-electron chi connectivity index (χ4n) is 2.61. The second kappa shape index (κ2) is 3.96. The van der Waals surface area contributed by atoms with Crippen LogP contribution in [0.1, 0.15) is 12.8 Å². The Kier molecular flexibility index (Phi) is 2.83. The maximum Gasteiger partial charge on any atom is 0.471 e. The van der Waals surface area contributed by atoms with Gasteiger partial charge in [0.2, 0.25) is 0 Å². The van der Waals surface area contributed by atoms with E-state index in [-0.39, 0.29) is 25.2 Å². The predicted molar refractivity (Wildman–Crippen MR) is 50.4 cm³/mol. The van der Waals surface area contributed by atoms with Crippen molar-refractivity contribution in [3.8, 4) is 0 Å². The first-order chi connectivity index (χ1) is 8.23. The highest BCUT2D eigenvalue weighted by atomic mass is 19.4. The van der Waals surface area contributed by atoms with Gasteiger partial charge in [-0.3, -0.25) is 14.4 Å². The van der Waals surface area contributed by atoms with Crippen molar-refractivity contribution in [2.24, 2.45) is 11.8 Å². The van der Waals surface area contributed by atoms with Gasteiger partial charge in [0.1, 0.15) is 5.78 Å². The zero-order valence-electron chi connectivity index (χ0n) is 9.11. The average Bonchev–Trinajstić information content (AvgIpc) is 2.17. The Bertz CT molecular complexity index is 416. The van der Waals surface area contributed by atoms with E-state index < -0.39 is 35.9 Å². The number of carbonyl (C=O) groups excluding carboxylic acids is 2. The van der Waals surface area contributed by atoms with Crippen LogP contribution in [-0.4, -0.2) is 46.4 Å². The van der Waals surface area contributed by atoms with Gasteiger partial charge >= 0.3 is 18.1 Å². The summed E-state index contributed by atoms with van der Waals surface area (Å²) in [7, 11) is 0. The number of ketones is 1. The number of rotatable bonds is 1. The first-order valence-electron chi connectivity index (χ1n) is 5.37. The summed E-state index contributed by atoms with van der Waals surface area (Å²) in [5.74, 6) is -5.43. The Labute approximate surface area is 99.5 Å². The number of hydrogen-bond donors (Lipinski definition) is 1. The van der Waals surface area contributed by atoms with Gasteiger partial charge in [0, 0.05) is 18.9 Å². The second-order valence-electron chi connectivity index (χ2n) is 4.49. The molecule has 8 heteroatoms. The van der Waals surface area contributed by atoms with E-state index in [1.165, 1.54) is 0 Å². The minimum absolute atomic E-state index is 0.0144. The molecule has 0 aromatic rings. The SMILES string of the molecule is O=C(O)C1CC2C(=O)CCN(C(=O)C(F)(F)F)C12. The summed E-state index contributed by atoms with van der Waals surface area (Å²) >= 11 is 0. The van der Waals surface area contributed by atoms with E-state index in [1.807, 2.05) is 0 Å². The molecule has 0 aromatic heterocycles. The lowest BCUT2D eigenvalue weighted by Gasteiger charge is -2.50. The number of carboxylic acids is 1. The Hall–Kier alpha value is -1.60.